The first kappa shape index (κ1) is 17.1. The van der Waals surface area contributed by atoms with Crippen molar-refractivity contribution in [1.29, 1.82) is 0 Å². The normalized spacial score (nSPS) is 11.4. The van der Waals surface area contributed by atoms with Crippen LogP contribution in [0.3, 0.4) is 0 Å². The average Bonchev–Trinajstić information content (AvgIpc) is 2.60. The molecule has 0 bridgehead atoms. The average molecular weight is 331 g/mol. The summed E-state index contributed by atoms with van der Waals surface area (Å²) in [4.78, 5) is 34.3. The van der Waals surface area contributed by atoms with E-state index < -0.39 is 10.8 Å². The summed E-state index contributed by atoms with van der Waals surface area (Å²) in [7, 11) is 0. The number of nitrogens with one attached hydrogen (secondary N) is 3. The van der Waals surface area contributed by atoms with E-state index in [2.05, 4.69) is 31.1 Å². The third kappa shape index (κ3) is 4.12. The molecule has 2 aromatic heterocycles. The Balaban J connectivity index is 2.19. The van der Waals surface area contributed by atoms with Crippen LogP contribution >= 0.6 is 0 Å². The molecule has 0 saturated heterocycles. The molecule has 2 aromatic rings. The van der Waals surface area contributed by atoms with E-state index in [0.29, 0.717) is 5.56 Å². The van der Waals surface area contributed by atoms with Crippen molar-refractivity contribution in [2.24, 2.45) is 0 Å². The zero-order valence-corrected chi connectivity index (χ0v) is 13.2. The molecule has 10 heteroatoms. The molecule has 1 unspecified atom stereocenters. The van der Waals surface area contributed by atoms with E-state index in [-0.39, 0.29) is 23.4 Å². The minimum Gasteiger partial charge on any atom is -0.362 e. The maximum Gasteiger partial charge on any atom is 0.354 e. The van der Waals surface area contributed by atoms with Crippen LogP contribution in [0.2, 0.25) is 0 Å². The lowest BCUT2D eigenvalue weighted by Crippen LogP contribution is -2.30. The van der Waals surface area contributed by atoms with Crippen LogP contribution in [0.25, 0.3) is 0 Å². The number of carbonyl (C=O) groups excluding carboxylic acids is 1. The molecule has 0 radical (unpaired) electrons. The van der Waals surface area contributed by atoms with E-state index in [1.807, 2.05) is 13.8 Å². The van der Waals surface area contributed by atoms with Gasteiger partial charge in [-0.25, -0.2) is 9.97 Å². The molecule has 126 valence electrons. The molecule has 2 heterocycles. The monoisotopic (exact) mass is 331 g/mol. The molecule has 0 spiro atoms. The molecular formula is C14H17N7O3. The van der Waals surface area contributed by atoms with Gasteiger partial charge >= 0.3 is 5.69 Å². The van der Waals surface area contributed by atoms with Crippen LogP contribution in [0.5, 0.6) is 0 Å². The minimum absolute atomic E-state index is 0.00330. The van der Waals surface area contributed by atoms with Crippen LogP contribution in [-0.4, -0.2) is 31.8 Å². The van der Waals surface area contributed by atoms with Gasteiger partial charge in [-0.05, 0) is 25.5 Å². The molecule has 3 N–H and O–H groups in total. The third-order valence-corrected chi connectivity index (χ3v) is 3.22. The van der Waals surface area contributed by atoms with Crippen LogP contribution in [0.4, 0.5) is 17.3 Å². The number of anilines is 2. The molecule has 24 heavy (non-hydrogen) atoms. The van der Waals surface area contributed by atoms with Crippen LogP contribution < -0.4 is 16.2 Å². The molecule has 2 rings (SSSR count). The number of rotatable bonds is 7. The molecule has 0 aliphatic rings. The van der Waals surface area contributed by atoms with E-state index in [4.69, 9.17) is 0 Å². The Labute approximate surface area is 137 Å². The third-order valence-electron chi connectivity index (χ3n) is 3.22. The largest absolute Gasteiger partial charge is 0.362 e. The molecule has 10 nitrogen and oxygen atoms in total. The fraction of sp³-hybridized carbons (Fsp3) is 0.286. The van der Waals surface area contributed by atoms with Crippen LogP contribution in [0, 0.1) is 10.1 Å². The summed E-state index contributed by atoms with van der Waals surface area (Å²) in [5, 5.41) is 14.3. The molecular weight excluding hydrogens is 314 g/mol. The Morgan fingerprint density at radius 1 is 1.38 bits per heavy atom. The van der Waals surface area contributed by atoms with Gasteiger partial charge in [0.25, 0.3) is 5.91 Å². The number of carbonyl (C=O) groups is 1. The first-order valence-electron chi connectivity index (χ1n) is 7.25. The first-order chi connectivity index (χ1) is 11.5. The number of amides is 1. The zero-order valence-electron chi connectivity index (χ0n) is 13.2. The van der Waals surface area contributed by atoms with Crippen LogP contribution in [0.1, 0.15) is 30.6 Å². The molecule has 0 aromatic carbocycles. The predicted octanol–water partition coefficient (Wildman–Crippen LogP) is 1.75. The van der Waals surface area contributed by atoms with Crippen molar-refractivity contribution in [3.05, 3.63) is 46.5 Å². The highest BCUT2D eigenvalue weighted by molar-refractivity contribution is 5.94. The summed E-state index contributed by atoms with van der Waals surface area (Å²) in [5.41, 5.74) is 4.78. The molecule has 1 amide bonds. The van der Waals surface area contributed by atoms with E-state index in [1.165, 1.54) is 18.7 Å². The van der Waals surface area contributed by atoms with Gasteiger partial charge < -0.3 is 5.32 Å². The Morgan fingerprint density at radius 2 is 2.12 bits per heavy atom. The number of nitrogens with zero attached hydrogens (tertiary/aromatic N) is 4. The van der Waals surface area contributed by atoms with Crippen molar-refractivity contribution in [1.82, 2.24) is 20.4 Å². The standard InChI is InChI=1S/C14H17N7O3/c1-3-9(2)18-12-11(21(23)24)13(17-8-16-12)19-20-14(22)10-5-4-6-15-7-10/h4-9H,3H2,1-2H3,(H,20,22)(H2,16,17,18,19). The van der Waals surface area contributed by atoms with Gasteiger partial charge in [-0.2, -0.15) is 0 Å². The Kier molecular flexibility index (Phi) is 5.55. The second-order valence-corrected chi connectivity index (χ2v) is 4.95. The zero-order chi connectivity index (χ0) is 17.5. The molecule has 0 saturated carbocycles. The smallest absolute Gasteiger partial charge is 0.354 e. The highest BCUT2D eigenvalue weighted by Crippen LogP contribution is 2.28. The quantitative estimate of drug-likeness (QED) is 0.516. The number of pyridine rings is 1. The molecule has 0 aliphatic heterocycles. The van der Waals surface area contributed by atoms with Gasteiger partial charge in [-0.1, -0.05) is 6.92 Å². The molecule has 0 aliphatic carbocycles. The second-order valence-electron chi connectivity index (χ2n) is 4.95. The SMILES string of the molecule is CCC(C)Nc1ncnc(NNC(=O)c2cccnc2)c1[N+](=O)[O-]. The van der Waals surface area contributed by atoms with Gasteiger partial charge in [-0.15, -0.1) is 0 Å². The van der Waals surface area contributed by atoms with E-state index in [1.54, 1.807) is 12.1 Å². The lowest BCUT2D eigenvalue weighted by atomic mass is 10.2. The number of nitro groups is 1. The highest BCUT2D eigenvalue weighted by Gasteiger charge is 2.24. The van der Waals surface area contributed by atoms with Crippen molar-refractivity contribution in [2.75, 3.05) is 10.7 Å². The minimum atomic E-state index is -0.608. The number of hydrazine groups is 1. The summed E-state index contributed by atoms with van der Waals surface area (Å²) in [6.07, 6.45) is 4.85. The van der Waals surface area contributed by atoms with Gasteiger partial charge in [0.15, 0.2) is 0 Å². The number of hydrogen-bond acceptors (Lipinski definition) is 8. The lowest BCUT2D eigenvalue weighted by Gasteiger charge is -2.14. The molecule has 0 fully saturated rings. The van der Waals surface area contributed by atoms with Gasteiger partial charge in [0.05, 0.1) is 10.5 Å². The fourth-order valence-corrected chi connectivity index (χ4v) is 1.77. The van der Waals surface area contributed by atoms with Crippen LogP contribution in [-0.2, 0) is 0 Å². The molecule has 1 atom stereocenters. The Hall–Kier alpha value is -3.30. The summed E-state index contributed by atoms with van der Waals surface area (Å²) >= 11 is 0. The van der Waals surface area contributed by atoms with E-state index in [9.17, 15) is 14.9 Å². The van der Waals surface area contributed by atoms with Crippen molar-refractivity contribution >= 4 is 23.2 Å². The van der Waals surface area contributed by atoms with Crippen molar-refractivity contribution in [2.45, 2.75) is 26.3 Å². The summed E-state index contributed by atoms with van der Waals surface area (Å²) < 4.78 is 0. The van der Waals surface area contributed by atoms with Gasteiger partial charge in [0.1, 0.15) is 6.33 Å². The van der Waals surface area contributed by atoms with Gasteiger partial charge in [0, 0.05) is 18.4 Å². The summed E-state index contributed by atoms with van der Waals surface area (Å²) in [6, 6.07) is 3.17. The predicted molar refractivity (Wildman–Crippen MR) is 87.4 cm³/mol. The fourth-order valence-electron chi connectivity index (χ4n) is 1.77. The van der Waals surface area contributed by atoms with Gasteiger partial charge in [-0.3, -0.25) is 30.7 Å². The maximum absolute atomic E-state index is 12.0. The van der Waals surface area contributed by atoms with Crippen LogP contribution in [0.15, 0.2) is 30.9 Å². The topological polar surface area (TPSA) is 135 Å². The maximum atomic E-state index is 12.0. The van der Waals surface area contributed by atoms with E-state index in [0.717, 1.165) is 6.42 Å². The number of aromatic nitrogens is 3. The first-order valence-corrected chi connectivity index (χ1v) is 7.25. The van der Waals surface area contributed by atoms with Crippen molar-refractivity contribution in [3.63, 3.8) is 0 Å². The summed E-state index contributed by atoms with van der Waals surface area (Å²) in [5.74, 6) is -0.520. The van der Waals surface area contributed by atoms with Crippen molar-refractivity contribution in [3.8, 4) is 0 Å². The van der Waals surface area contributed by atoms with E-state index >= 15 is 0 Å². The van der Waals surface area contributed by atoms with Gasteiger partial charge in [0.2, 0.25) is 11.6 Å². The highest BCUT2D eigenvalue weighted by atomic mass is 16.6. The Bertz CT molecular complexity index is 724. The Morgan fingerprint density at radius 3 is 2.75 bits per heavy atom. The lowest BCUT2D eigenvalue weighted by molar-refractivity contribution is -0.383. The van der Waals surface area contributed by atoms with Crippen molar-refractivity contribution < 1.29 is 9.72 Å². The summed E-state index contributed by atoms with van der Waals surface area (Å²) in [6.45, 7) is 3.82. The number of hydrogen-bond donors (Lipinski definition) is 3. The second kappa shape index (κ2) is 7.81.